The van der Waals surface area contributed by atoms with Gasteiger partial charge in [0.1, 0.15) is 11.2 Å². The molecule has 0 atom stereocenters. The monoisotopic (exact) mass is 676 g/mol. The van der Waals surface area contributed by atoms with E-state index in [-0.39, 0.29) is 0 Å². The molecule has 0 bridgehead atoms. The van der Waals surface area contributed by atoms with Crippen LogP contribution in [0, 0.1) is 0 Å². The van der Waals surface area contributed by atoms with Gasteiger partial charge in [-0.05, 0) is 123 Å². The van der Waals surface area contributed by atoms with E-state index in [1.807, 2.05) is 0 Å². The van der Waals surface area contributed by atoms with Gasteiger partial charge in [-0.2, -0.15) is 0 Å². The van der Waals surface area contributed by atoms with Crippen molar-refractivity contribution in [1.82, 2.24) is 0 Å². The maximum atomic E-state index is 9.92. The summed E-state index contributed by atoms with van der Waals surface area (Å²) in [4.78, 5) is 0. The summed E-state index contributed by atoms with van der Waals surface area (Å²) < 4.78 is 278. The van der Waals surface area contributed by atoms with Crippen LogP contribution in [0.1, 0.15) is 41.1 Å². The van der Waals surface area contributed by atoms with E-state index in [0.717, 1.165) is 0 Å². The molecule has 10 aromatic carbocycles. The lowest BCUT2D eigenvalue weighted by Crippen LogP contribution is -1.91. The zero-order valence-corrected chi connectivity index (χ0v) is 25.4. The van der Waals surface area contributed by atoms with Crippen molar-refractivity contribution in [3.05, 3.63) is 181 Å². The highest BCUT2D eigenvalue weighted by atomic mass is 16.3. The predicted molar refractivity (Wildman–Crippen MR) is 218 cm³/mol. The summed E-state index contributed by atoms with van der Waals surface area (Å²) in [5, 5.41) is -7.40. The Kier molecular flexibility index (Phi) is 2.50. The van der Waals surface area contributed by atoms with Crippen LogP contribution in [0.25, 0.3) is 109 Å². The fraction of sp³-hybridized carbons (Fsp3) is 0. The summed E-state index contributed by atoms with van der Waals surface area (Å²) in [6.07, 6.45) is 0. The molecule has 236 valence electrons. The molecule has 11 rings (SSSR count). The molecular formula is C50H30O. The van der Waals surface area contributed by atoms with Crippen molar-refractivity contribution < 1.29 is 45.5 Å². The van der Waals surface area contributed by atoms with Gasteiger partial charge in [-0.15, -0.1) is 0 Å². The zero-order valence-electron chi connectivity index (χ0n) is 55.4. The predicted octanol–water partition coefficient (Wildman–Crippen LogP) is 14.4. The lowest BCUT2D eigenvalue weighted by molar-refractivity contribution is 0.669. The van der Waals surface area contributed by atoms with Gasteiger partial charge >= 0.3 is 0 Å². The first-order valence-electron chi connectivity index (χ1n) is 30.2. The number of benzene rings is 10. The lowest BCUT2D eigenvalue weighted by Gasteiger charge is -2.18. The van der Waals surface area contributed by atoms with Gasteiger partial charge in [0.05, 0.1) is 41.1 Å². The second-order valence-corrected chi connectivity index (χ2v) is 11.3. The van der Waals surface area contributed by atoms with Crippen molar-refractivity contribution in [1.29, 1.82) is 0 Å². The van der Waals surface area contributed by atoms with E-state index in [1.54, 1.807) is 0 Å². The van der Waals surface area contributed by atoms with Crippen LogP contribution in [-0.4, -0.2) is 0 Å². The average Bonchev–Trinajstić information content (AvgIpc) is 4.06. The summed E-state index contributed by atoms with van der Waals surface area (Å²) in [6.45, 7) is 0. The maximum absolute atomic E-state index is 9.92. The molecule has 0 saturated carbocycles. The van der Waals surface area contributed by atoms with Crippen molar-refractivity contribution in [2.75, 3.05) is 0 Å². The Balaban J connectivity index is 1.37. The highest BCUT2D eigenvalue weighted by Gasteiger charge is 2.18. The number of furan rings is 1. The van der Waals surface area contributed by atoms with Gasteiger partial charge in [0.2, 0.25) is 0 Å². The lowest BCUT2D eigenvalue weighted by atomic mass is 9.85. The van der Waals surface area contributed by atoms with E-state index in [4.69, 9.17) is 25.0 Å². The van der Waals surface area contributed by atoms with Gasteiger partial charge in [0, 0.05) is 10.8 Å². The maximum Gasteiger partial charge on any atom is 0.136 e. The third kappa shape index (κ3) is 4.35. The average molecular weight is 677 g/mol. The van der Waals surface area contributed by atoms with Gasteiger partial charge in [-0.25, -0.2) is 0 Å². The van der Waals surface area contributed by atoms with E-state index in [1.165, 1.54) is 0 Å². The van der Waals surface area contributed by atoms with Gasteiger partial charge in [-0.1, -0.05) is 145 Å². The number of hydrogen-bond donors (Lipinski definition) is 0. The van der Waals surface area contributed by atoms with Crippen molar-refractivity contribution in [3.8, 4) is 33.4 Å². The van der Waals surface area contributed by atoms with Crippen molar-refractivity contribution in [2.24, 2.45) is 0 Å². The van der Waals surface area contributed by atoms with E-state index in [9.17, 15) is 20.6 Å². The molecule has 1 nitrogen and oxygen atoms in total. The van der Waals surface area contributed by atoms with Gasteiger partial charge in [-0.3, -0.25) is 0 Å². The van der Waals surface area contributed by atoms with Gasteiger partial charge in [0.25, 0.3) is 0 Å². The molecule has 0 saturated heterocycles. The Hall–Kier alpha value is -6.70. The number of hydrogen-bond acceptors (Lipinski definition) is 1. The summed E-state index contributed by atoms with van der Waals surface area (Å²) >= 11 is 0. The largest absolute Gasteiger partial charge is 0.456 e. The molecule has 0 unspecified atom stereocenters. The SMILES string of the molecule is [2H]c1c([2H])c(-c2c([2H])c([2H])c3c(c2[2H])c([2H])c([2H])c2c([2H])c([2H])c([2H])c([2H])c23)c([2H])c(-c2c3c([2H])c([2H])c([2H])c([2H])c3c(-c3c([2H])c([2H])c4oc5c([2H])c6c([2H])c([2H])c([2H])c([2H])c6c([2H])c5c4c3[2H])c3c([2H])c([2H])c([2H])c([2H])c23)c1[2H]. The topological polar surface area (TPSA) is 13.1 Å². The second-order valence-electron chi connectivity index (χ2n) is 11.3. The standard InChI is InChI=1S/C50H30O/c1-2-12-34-30-48-46(28-33(34)11-1)45-29-38(23-25-47(45)51-48)50-43-18-7-5-16-41(43)49(42-17-6-8-19-44(42)50)37-14-9-13-32(27-37)35-22-24-40-36(26-35)21-20-31-10-3-4-15-39(31)40/h1-30H/i1D,2D,3D,4D,5D,6D,7D,8D,9D,10D,11D,12D,13D,14D,15D,16D,17D,18D,19D,20D,21D,22D,23D,24D,25D,26D,27D,28D,29D,30D. The molecular weight excluding hydrogens is 617 g/mol. The van der Waals surface area contributed by atoms with Crippen molar-refractivity contribution >= 4 is 75.8 Å². The molecule has 1 aromatic heterocycles. The molecule has 0 N–H and O–H groups in total. The Morgan fingerprint density at radius 3 is 1.51 bits per heavy atom. The first kappa shape index (κ1) is 11.7. The summed E-state index contributed by atoms with van der Waals surface area (Å²) in [6, 6.07) is -27.8. The molecule has 0 spiro atoms. The Morgan fingerprint density at radius 1 is 0.275 bits per heavy atom. The van der Waals surface area contributed by atoms with E-state index in [0.29, 0.717) is 0 Å². The normalized spacial score (nSPS) is 20.2. The van der Waals surface area contributed by atoms with E-state index >= 15 is 0 Å². The van der Waals surface area contributed by atoms with Crippen molar-refractivity contribution in [3.63, 3.8) is 0 Å². The van der Waals surface area contributed by atoms with Crippen LogP contribution in [0.2, 0.25) is 0 Å². The molecule has 0 radical (unpaired) electrons. The molecule has 0 amide bonds. The van der Waals surface area contributed by atoms with Crippen molar-refractivity contribution in [2.45, 2.75) is 0 Å². The first-order valence-corrected chi connectivity index (χ1v) is 15.2. The van der Waals surface area contributed by atoms with Crippen LogP contribution in [-0.2, 0) is 0 Å². The minimum atomic E-state index is -1.13. The Labute approximate surface area is 336 Å². The Bertz CT molecular complexity index is 4850. The molecule has 1 heteroatoms. The van der Waals surface area contributed by atoms with Crippen LogP contribution >= 0.6 is 0 Å². The fourth-order valence-electron chi connectivity index (χ4n) is 6.23. The number of fused-ring (bicyclic) bond motifs is 9. The highest BCUT2D eigenvalue weighted by molar-refractivity contribution is 6.22. The van der Waals surface area contributed by atoms with Gasteiger partial charge < -0.3 is 4.42 Å². The van der Waals surface area contributed by atoms with Crippen LogP contribution in [0.3, 0.4) is 0 Å². The summed E-state index contributed by atoms with van der Waals surface area (Å²) in [5.74, 6) is 0. The van der Waals surface area contributed by atoms with Gasteiger partial charge in [0.15, 0.2) is 0 Å². The Morgan fingerprint density at radius 2 is 0.784 bits per heavy atom. The molecule has 1 heterocycles. The van der Waals surface area contributed by atoms with E-state index < -0.39 is 290 Å². The third-order valence-corrected chi connectivity index (χ3v) is 8.45. The molecule has 51 heavy (non-hydrogen) atoms. The van der Waals surface area contributed by atoms with Crippen LogP contribution < -0.4 is 0 Å². The van der Waals surface area contributed by atoms with Crippen LogP contribution in [0.4, 0.5) is 0 Å². The summed E-state index contributed by atoms with van der Waals surface area (Å²) in [5.41, 5.74) is -6.28. The molecule has 11 aromatic rings. The molecule has 0 aliphatic rings. The molecule has 0 aliphatic heterocycles. The highest BCUT2D eigenvalue weighted by Crippen LogP contribution is 2.45. The first-order chi connectivity index (χ1) is 37.8. The third-order valence-electron chi connectivity index (χ3n) is 8.45. The summed E-state index contributed by atoms with van der Waals surface area (Å²) in [7, 11) is 0. The fourth-order valence-corrected chi connectivity index (χ4v) is 6.23. The number of rotatable bonds is 3. The smallest absolute Gasteiger partial charge is 0.136 e. The minimum absolute atomic E-state index is 0.463. The minimum Gasteiger partial charge on any atom is -0.456 e. The quantitative estimate of drug-likeness (QED) is 0.134. The second kappa shape index (κ2) is 10.9. The molecule has 0 fully saturated rings. The van der Waals surface area contributed by atoms with E-state index in [2.05, 4.69) is 0 Å². The van der Waals surface area contributed by atoms with Crippen LogP contribution in [0.5, 0.6) is 0 Å². The zero-order chi connectivity index (χ0) is 59.6. The molecule has 0 aliphatic carbocycles. The van der Waals surface area contributed by atoms with Crippen LogP contribution in [0.15, 0.2) is 186 Å².